The van der Waals surface area contributed by atoms with E-state index in [9.17, 15) is 0 Å². The molecule has 2 heteroatoms. The molecule has 3 atom stereocenters. The van der Waals surface area contributed by atoms with Crippen LogP contribution in [0.5, 0.6) is 0 Å². The summed E-state index contributed by atoms with van der Waals surface area (Å²) in [6.07, 6.45) is 9.90. The van der Waals surface area contributed by atoms with Crippen molar-refractivity contribution in [3.8, 4) is 0 Å². The van der Waals surface area contributed by atoms with Gasteiger partial charge < -0.3 is 5.32 Å². The molecule has 98 valence electrons. The molecule has 0 bridgehead atoms. The van der Waals surface area contributed by atoms with Gasteiger partial charge in [-0.15, -0.1) is 0 Å². The second-order valence-corrected chi connectivity index (χ2v) is 5.96. The van der Waals surface area contributed by atoms with Gasteiger partial charge in [0, 0.05) is 31.2 Å². The lowest BCUT2D eigenvalue weighted by Gasteiger charge is -2.46. The third-order valence-corrected chi connectivity index (χ3v) is 4.48. The highest BCUT2D eigenvalue weighted by Gasteiger charge is 2.32. The molecule has 0 aromatic carbocycles. The zero-order valence-corrected chi connectivity index (χ0v) is 11.7. The van der Waals surface area contributed by atoms with E-state index in [4.69, 9.17) is 0 Å². The third kappa shape index (κ3) is 3.11. The number of allylic oxidation sites excluding steroid dienone is 1. The van der Waals surface area contributed by atoms with Crippen LogP contribution in [-0.4, -0.2) is 36.1 Å². The lowest BCUT2D eigenvalue weighted by atomic mass is 9.92. The van der Waals surface area contributed by atoms with Crippen LogP contribution >= 0.6 is 0 Å². The van der Waals surface area contributed by atoms with Gasteiger partial charge in [-0.2, -0.15) is 0 Å². The first-order valence-electron chi connectivity index (χ1n) is 7.36. The summed E-state index contributed by atoms with van der Waals surface area (Å²) < 4.78 is 0. The van der Waals surface area contributed by atoms with Gasteiger partial charge in [0.05, 0.1) is 0 Å². The molecule has 1 fully saturated rings. The Morgan fingerprint density at radius 3 is 2.76 bits per heavy atom. The van der Waals surface area contributed by atoms with E-state index in [0.717, 1.165) is 18.0 Å². The van der Waals surface area contributed by atoms with Crippen molar-refractivity contribution in [2.45, 2.75) is 64.6 Å². The fourth-order valence-corrected chi connectivity index (χ4v) is 3.20. The first-order valence-corrected chi connectivity index (χ1v) is 7.36. The van der Waals surface area contributed by atoms with Crippen LogP contribution in [0.25, 0.3) is 0 Å². The largest absolute Gasteiger partial charge is 0.311 e. The van der Waals surface area contributed by atoms with Crippen LogP contribution in [0.3, 0.4) is 0 Å². The molecule has 3 unspecified atom stereocenters. The van der Waals surface area contributed by atoms with Crippen molar-refractivity contribution in [1.29, 1.82) is 0 Å². The summed E-state index contributed by atoms with van der Waals surface area (Å²) in [6.45, 7) is 9.42. The number of hydrogen-bond acceptors (Lipinski definition) is 2. The second kappa shape index (κ2) is 6.01. The number of hydrogen-bond donors (Lipinski definition) is 1. The molecule has 2 nitrogen and oxygen atoms in total. The fourth-order valence-electron chi connectivity index (χ4n) is 3.20. The summed E-state index contributed by atoms with van der Waals surface area (Å²) in [7, 11) is 0. The van der Waals surface area contributed by atoms with Gasteiger partial charge in [-0.1, -0.05) is 32.9 Å². The molecule has 2 aliphatic rings. The molecule has 17 heavy (non-hydrogen) atoms. The highest BCUT2D eigenvalue weighted by molar-refractivity contribution is 4.98. The Bertz CT molecular complexity index is 260. The van der Waals surface area contributed by atoms with Gasteiger partial charge in [-0.3, -0.25) is 4.90 Å². The SMILES string of the molecule is CCC1CNC(C(C)C)CN1C1CC=CCC1. The molecule has 1 aliphatic carbocycles. The molecule has 0 aromatic rings. The van der Waals surface area contributed by atoms with Crippen LogP contribution in [0.1, 0.15) is 46.5 Å². The smallest absolute Gasteiger partial charge is 0.0221 e. The average molecular weight is 236 g/mol. The quantitative estimate of drug-likeness (QED) is 0.758. The maximum Gasteiger partial charge on any atom is 0.0221 e. The lowest BCUT2D eigenvalue weighted by molar-refractivity contribution is 0.0625. The van der Waals surface area contributed by atoms with Gasteiger partial charge in [-0.25, -0.2) is 0 Å². The normalized spacial score (nSPS) is 35.4. The van der Waals surface area contributed by atoms with Crippen molar-refractivity contribution in [1.82, 2.24) is 10.2 Å². The maximum absolute atomic E-state index is 3.73. The zero-order chi connectivity index (χ0) is 12.3. The minimum absolute atomic E-state index is 0.684. The first-order chi connectivity index (χ1) is 8.22. The maximum atomic E-state index is 3.73. The van der Waals surface area contributed by atoms with Gasteiger partial charge in [0.1, 0.15) is 0 Å². The molecule has 1 saturated heterocycles. The van der Waals surface area contributed by atoms with Crippen LogP contribution in [0.2, 0.25) is 0 Å². The van der Waals surface area contributed by atoms with Crippen molar-refractivity contribution in [2.75, 3.05) is 13.1 Å². The predicted octanol–water partition coefficient (Wildman–Crippen LogP) is 2.80. The first kappa shape index (κ1) is 13.1. The van der Waals surface area contributed by atoms with Gasteiger partial charge in [0.15, 0.2) is 0 Å². The van der Waals surface area contributed by atoms with Crippen molar-refractivity contribution < 1.29 is 0 Å². The van der Waals surface area contributed by atoms with E-state index in [1.165, 1.54) is 38.8 Å². The molecule has 0 spiro atoms. The number of nitrogens with one attached hydrogen (secondary N) is 1. The summed E-state index contributed by atoms with van der Waals surface area (Å²) in [5.41, 5.74) is 0. The van der Waals surface area contributed by atoms with E-state index in [-0.39, 0.29) is 0 Å². The van der Waals surface area contributed by atoms with Crippen molar-refractivity contribution in [3.05, 3.63) is 12.2 Å². The number of nitrogens with zero attached hydrogens (tertiary/aromatic N) is 1. The monoisotopic (exact) mass is 236 g/mol. The molecule has 0 amide bonds. The number of piperazine rings is 1. The molecule has 1 heterocycles. The molecule has 2 rings (SSSR count). The summed E-state index contributed by atoms with van der Waals surface area (Å²) in [5.74, 6) is 0.745. The van der Waals surface area contributed by atoms with Crippen LogP contribution in [0.15, 0.2) is 12.2 Å². The van der Waals surface area contributed by atoms with Crippen LogP contribution in [-0.2, 0) is 0 Å². The Labute approximate surface area is 106 Å². The Morgan fingerprint density at radius 2 is 2.18 bits per heavy atom. The summed E-state index contributed by atoms with van der Waals surface area (Å²) in [6, 6.07) is 2.23. The molecule has 1 aliphatic heterocycles. The molecule has 1 N–H and O–H groups in total. The van der Waals surface area contributed by atoms with Gasteiger partial charge in [0.25, 0.3) is 0 Å². The fraction of sp³-hybridized carbons (Fsp3) is 0.867. The minimum atomic E-state index is 0.684. The summed E-state index contributed by atoms with van der Waals surface area (Å²) in [5, 5.41) is 3.73. The van der Waals surface area contributed by atoms with Crippen molar-refractivity contribution in [2.24, 2.45) is 5.92 Å². The second-order valence-electron chi connectivity index (χ2n) is 5.96. The van der Waals surface area contributed by atoms with E-state index in [2.05, 4.69) is 43.1 Å². The topological polar surface area (TPSA) is 15.3 Å². The minimum Gasteiger partial charge on any atom is -0.311 e. The summed E-state index contributed by atoms with van der Waals surface area (Å²) in [4.78, 5) is 2.80. The van der Waals surface area contributed by atoms with Crippen molar-refractivity contribution >= 4 is 0 Å². The van der Waals surface area contributed by atoms with Crippen LogP contribution in [0, 0.1) is 5.92 Å². The van der Waals surface area contributed by atoms with Gasteiger partial charge in [0.2, 0.25) is 0 Å². The Hall–Kier alpha value is -0.340. The van der Waals surface area contributed by atoms with Crippen LogP contribution in [0.4, 0.5) is 0 Å². The lowest BCUT2D eigenvalue weighted by Crippen LogP contribution is -2.60. The highest BCUT2D eigenvalue weighted by Crippen LogP contribution is 2.24. The molecule has 0 aromatic heterocycles. The zero-order valence-electron chi connectivity index (χ0n) is 11.7. The molecular formula is C15H28N2. The standard InChI is InChI=1S/C15H28N2/c1-4-13-10-16-15(12(2)3)11-17(13)14-8-6-5-7-9-14/h5-6,12-16H,4,7-11H2,1-3H3. The van der Waals surface area contributed by atoms with Gasteiger partial charge in [-0.05, 0) is 31.6 Å². The Kier molecular flexibility index (Phi) is 4.63. The third-order valence-electron chi connectivity index (χ3n) is 4.48. The van der Waals surface area contributed by atoms with Crippen molar-refractivity contribution in [3.63, 3.8) is 0 Å². The Balaban J connectivity index is 2.01. The highest BCUT2D eigenvalue weighted by atomic mass is 15.3. The van der Waals surface area contributed by atoms with Gasteiger partial charge >= 0.3 is 0 Å². The molecular weight excluding hydrogens is 208 g/mol. The Morgan fingerprint density at radius 1 is 1.35 bits per heavy atom. The molecule has 0 radical (unpaired) electrons. The summed E-state index contributed by atoms with van der Waals surface area (Å²) >= 11 is 0. The van der Waals surface area contributed by atoms with Crippen LogP contribution < -0.4 is 5.32 Å². The average Bonchev–Trinajstić information content (AvgIpc) is 2.39. The van der Waals surface area contributed by atoms with E-state index in [1.807, 2.05) is 0 Å². The van der Waals surface area contributed by atoms with E-state index < -0.39 is 0 Å². The van der Waals surface area contributed by atoms with E-state index >= 15 is 0 Å². The number of rotatable bonds is 3. The van der Waals surface area contributed by atoms with E-state index in [0.29, 0.717) is 6.04 Å². The predicted molar refractivity (Wildman–Crippen MR) is 74.2 cm³/mol. The molecule has 0 saturated carbocycles. The van der Waals surface area contributed by atoms with E-state index in [1.54, 1.807) is 0 Å².